The predicted octanol–water partition coefficient (Wildman–Crippen LogP) is -1.08. The molecule has 0 aliphatic heterocycles. The number of rotatable bonds is 2. The van der Waals surface area contributed by atoms with E-state index in [-0.39, 0.29) is 23.9 Å². The fraction of sp³-hybridized carbons (Fsp3) is 0.250. The summed E-state index contributed by atoms with van der Waals surface area (Å²) in [6, 6.07) is 0. The van der Waals surface area contributed by atoms with Crippen molar-refractivity contribution in [3.8, 4) is 0 Å². The van der Waals surface area contributed by atoms with Crippen molar-refractivity contribution in [2.45, 2.75) is 13.5 Å². The SMILES string of the molecule is Cc1nc2nc(CO)[nH]n2c(=O)c1C(=O)O. The van der Waals surface area contributed by atoms with E-state index in [1.807, 2.05) is 0 Å². The summed E-state index contributed by atoms with van der Waals surface area (Å²) in [6.07, 6.45) is 0. The number of carbonyl (C=O) groups is 1. The van der Waals surface area contributed by atoms with Crippen molar-refractivity contribution in [2.24, 2.45) is 0 Å². The van der Waals surface area contributed by atoms with E-state index in [4.69, 9.17) is 10.2 Å². The number of aryl methyl sites for hydroxylation is 1. The van der Waals surface area contributed by atoms with Gasteiger partial charge in [0.05, 0.1) is 5.69 Å². The van der Waals surface area contributed by atoms with Gasteiger partial charge in [0.1, 0.15) is 12.2 Å². The molecule has 0 radical (unpaired) electrons. The number of fused-ring (bicyclic) bond motifs is 1. The van der Waals surface area contributed by atoms with E-state index in [1.165, 1.54) is 6.92 Å². The monoisotopic (exact) mass is 224 g/mol. The Hall–Kier alpha value is -2.22. The van der Waals surface area contributed by atoms with Crippen LogP contribution in [0.4, 0.5) is 0 Å². The van der Waals surface area contributed by atoms with Crippen molar-refractivity contribution in [1.29, 1.82) is 0 Å². The molecular formula is C8H8N4O4. The van der Waals surface area contributed by atoms with Gasteiger partial charge in [-0.25, -0.2) is 9.78 Å². The van der Waals surface area contributed by atoms with E-state index in [0.29, 0.717) is 0 Å². The van der Waals surface area contributed by atoms with Crippen LogP contribution in [0.15, 0.2) is 4.79 Å². The first-order chi connectivity index (χ1) is 7.54. The normalized spacial score (nSPS) is 10.9. The molecule has 0 atom stereocenters. The second-order valence-electron chi connectivity index (χ2n) is 3.15. The molecule has 16 heavy (non-hydrogen) atoms. The number of aromatic nitrogens is 4. The molecular weight excluding hydrogens is 216 g/mol. The molecule has 8 nitrogen and oxygen atoms in total. The number of carboxylic acids is 1. The Morgan fingerprint density at radius 3 is 2.75 bits per heavy atom. The Labute approximate surface area is 88.2 Å². The van der Waals surface area contributed by atoms with Gasteiger partial charge in [0, 0.05) is 0 Å². The summed E-state index contributed by atoms with van der Waals surface area (Å²) < 4.78 is 0.891. The highest BCUT2D eigenvalue weighted by Gasteiger charge is 2.18. The Balaban J connectivity index is 2.87. The first-order valence-corrected chi connectivity index (χ1v) is 4.37. The minimum absolute atomic E-state index is 0.0385. The number of aromatic carboxylic acids is 1. The molecule has 2 aromatic rings. The highest BCUT2D eigenvalue weighted by Crippen LogP contribution is 2.02. The van der Waals surface area contributed by atoms with Gasteiger partial charge in [-0.1, -0.05) is 0 Å². The van der Waals surface area contributed by atoms with Gasteiger partial charge in [0.2, 0.25) is 0 Å². The molecule has 0 saturated carbocycles. The maximum absolute atomic E-state index is 11.7. The third kappa shape index (κ3) is 1.36. The van der Waals surface area contributed by atoms with Crippen LogP contribution in [0.5, 0.6) is 0 Å². The molecule has 84 valence electrons. The first kappa shape index (κ1) is 10.3. The number of carboxylic acid groups (broad SMARTS) is 1. The summed E-state index contributed by atoms with van der Waals surface area (Å²) in [5.41, 5.74) is -1.07. The number of hydrogen-bond acceptors (Lipinski definition) is 5. The largest absolute Gasteiger partial charge is 0.477 e. The third-order valence-corrected chi connectivity index (χ3v) is 2.09. The third-order valence-electron chi connectivity index (χ3n) is 2.09. The first-order valence-electron chi connectivity index (χ1n) is 4.37. The van der Waals surface area contributed by atoms with Crippen LogP contribution in [0.3, 0.4) is 0 Å². The van der Waals surface area contributed by atoms with Gasteiger partial charge in [-0.15, -0.1) is 0 Å². The fourth-order valence-electron chi connectivity index (χ4n) is 1.38. The van der Waals surface area contributed by atoms with E-state index in [2.05, 4.69) is 15.1 Å². The van der Waals surface area contributed by atoms with E-state index in [0.717, 1.165) is 4.52 Å². The van der Waals surface area contributed by atoms with E-state index >= 15 is 0 Å². The topological polar surface area (TPSA) is 121 Å². The number of aliphatic hydroxyl groups excluding tert-OH is 1. The van der Waals surface area contributed by atoms with Crippen molar-refractivity contribution in [1.82, 2.24) is 19.6 Å². The molecule has 0 fully saturated rings. The minimum Gasteiger partial charge on any atom is -0.477 e. The Morgan fingerprint density at radius 2 is 2.19 bits per heavy atom. The molecule has 0 saturated heterocycles. The van der Waals surface area contributed by atoms with Crippen LogP contribution in [0.1, 0.15) is 21.9 Å². The lowest BCUT2D eigenvalue weighted by atomic mass is 10.2. The second kappa shape index (κ2) is 3.42. The average molecular weight is 224 g/mol. The lowest BCUT2D eigenvalue weighted by Gasteiger charge is -1.98. The molecule has 3 N–H and O–H groups in total. The molecule has 0 aliphatic rings. The van der Waals surface area contributed by atoms with E-state index in [1.54, 1.807) is 0 Å². The highest BCUT2D eigenvalue weighted by atomic mass is 16.4. The van der Waals surface area contributed by atoms with Gasteiger partial charge in [0.15, 0.2) is 5.82 Å². The number of aromatic amines is 1. The van der Waals surface area contributed by atoms with Crippen LogP contribution < -0.4 is 5.56 Å². The number of aliphatic hydroxyl groups is 1. The molecule has 0 bridgehead atoms. The number of nitrogens with zero attached hydrogens (tertiary/aromatic N) is 3. The highest BCUT2D eigenvalue weighted by molar-refractivity contribution is 5.88. The molecule has 2 aromatic heterocycles. The second-order valence-corrected chi connectivity index (χ2v) is 3.15. The van der Waals surface area contributed by atoms with Crippen LogP contribution in [-0.4, -0.2) is 35.8 Å². The Bertz CT molecular complexity index is 627. The molecule has 8 heteroatoms. The van der Waals surface area contributed by atoms with Crippen LogP contribution in [0.2, 0.25) is 0 Å². The van der Waals surface area contributed by atoms with Crippen molar-refractivity contribution < 1.29 is 15.0 Å². The number of hydrogen-bond donors (Lipinski definition) is 3. The van der Waals surface area contributed by atoms with E-state index < -0.39 is 17.1 Å². The predicted molar refractivity (Wildman–Crippen MR) is 51.2 cm³/mol. The zero-order chi connectivity index (χ0) is 11.9. The standard InChI is InChI=1S/C8H8N4O4/c1-3-5(7(15)16)6(14)12-8(9-3)10-4(2-13)11-12/h13H,2H2,1H3,(H,15,16)(H,9,10,11). The van der Waals surface area contributed by atoms with Crippen LogP contribution in [0, 0.1) is 6.92 Å². The molecule has 0 spiro atoms. The fourth-order valence-corrected chi connectivity index (χ4v) is 1.38. The van der Waals surface area contributed by atoms with Gasteiger partial charge < -0.3 is 10.2 Å². The molecule has 2 rings (SSSR count). The molecule has 0 aromatic carbocycles. The summed E-state index contributed by atoms with van der Waals surface area (Å²) in [4.78, 5) is 30.2. The zero-order valence-corrected chi connectivity index (χ0v) is 8.26. The smallest absolute Gasteiger partial charge is 0.343 e. The van der Waals surface area contributed by atoms with Crippen molar-refractivity contribution in [3.05, 3.63) is 27.4 Å². The number of H-pyrrole nitrogens is 1. The van der Waals surface area contributed by atoms with Crippen molar-refractivity contribution >= 4 is 11.7 Å². The van der Waals surface area contributed by atoms with Crippen molar-refractivity contribution in [3.63, 3.8) is 0 Å². The molecule has 0 amide bonds. The minimum atomic E-state index is -1.34. The van der Waals surface area contributed by atoms with Gasteiger partial charge in [0.25, 0.3) is 11.3 Å². The van der Waals surface area contributed by atoms with E-state index in [9.17, 15) is 9.59 Å². The summed E-state index contributed by atoms with van der Waals surface area (Å²) >= 11 is 0. The molecule has 0 unspecified atom stereocenters. The Kier molecular flexibility index (Phi) is 2.20. The lowest BCUT2D eigenvalue weighted by molar-refractivity contribution is 0.0693. The molecule has 2 heterocycles. The maximum Gasteiger partial charge on any atom is 0.343 e. The van der Waals surface area contributed by atoms with Crippen LogP contribution >= 0.6 is 0 Å². The quantitative estimate of drug-likeness (QED) is 0.596. The molecule has 0 aliphatic carbocycles. The summed E-state index contributed by atoms with van der Waals surface area (Å²) in [7, 11) is 0. The Morgan fingerprint density at radius 1 is 1.50 bits per heavy atom. The maximum atomic E-state index is 11.7. The van der Waals surface area contributed by atoms with Crippen LogP contribution in [-0.2, 0) is 6.61 Å². The van der Waals surface area contributed by atoms with Crippen LogP contribution in [0.25, 0.3) is 5.78 Å². The van der Waals surface area contributed by atoms with Gasteiger partial charge in [-0.3, -0.25) is 9.89 Å². The van der Waals surface area contributed by atoms with Gasteiger partial charge >= 0.3 is 5.97 Å². The number of nitrogens with one attached hydrogen (secondary N) is 1. The van der Waals surface area contributed by atoms with Crippen molar-refractivity contribution in [2.75, 3.05) is 0 Å². The lowest BCUT2D eigenvalue weighted by Crippen LogP contribution is -2.25. The zero-order valence-electron chi connectivity index (χ0n) is 8.26. The summed E-state index contributed by atoms with van der Waals surface area (Å²) in [5.74, 6) is -1.16. The van der Waals surface area contributed by atoms with Gasteiger partial charge in [-0.05, 0) is 6.92 Å². The van der Waals surface area contributed by atoms with Gasteiger partial charge in [-0.2, -0.15) is 9.50 Å². The summed E-state index contributed by atoms with van der Waals surface area (Å²) in [6.45, 7) is 1.03. The average Bonchev–Trinajstić information content (AvgIpc) is 2.60. The summed E-state index contributed by atoms with van der Waals surface area (Å²) in [5, 5.41) is 20.1.